The number of hydrazone groups is 1. The summed E-state index contributed by atoms with van der Waals surface area (Å²) >= 11 is 4.01. The Bertz CT molecular complexity index is 234. The Kier molecular flexibility index (Phi) is 4.54. The van der Waals surface area contributed by atoms with Crippen LogP contribution in [0.5, 0.6) is 0 Å². The molecule has 0 aromatic carbocycles. The maximum absolute atomic E-state index is 11.2. The lowest BCUT2D eigenvalue weighted by Gasteiger charge is -2.14. The molecule has 0 radical (unpaired) electrons. The molecule has 0 fully saturated rings. The highest BCUT2D eigenvalue weighted by atomic mass is 32.1. The summed E-state index contributed by atoms with van der Waals surface area (Å²) in [6.07, 6.45) is 1.90. The van der Waals surface area contributed by atoms with Crippen molar-refractivity contribution in [2.75, 3.05) is 13.2 Å². The van der Waals surface area contributed by atoms with Crippen molar-refractivity contribution in [3.05, 3.63) is 0 Å². The fourth-order valence-electron chi connectivity index (χ4n) is 0.861. The summed E-state index contributed by atoms with van der Waals surface area (Å²) in [6, 6.07) is 0. The van der Waals surface area contributed by atoms with Gasteiger partial charge in [0.2, 0.25) is 0 Å². The minimum absolute atomic E-state index is 0.0963. The molecule has 0 bridgehead atoms. The van der Waals surface area contributed by atoms with Gasteiger partial charge in [-0.15, -0.1) is 23.3 Å². The van der Waals surface area contributed by atoms with Crippen LogP contribution in [0, 0.1) is 0 Å². The number of unbranched alkanes of at least 4 members (excludes halogenated alkanes) is 1. The van der Waals surface area contributed by atoms with Crippen LogP contribution in [-0.4, -0.2) is 29.3 Å². The summed E-state index contributed by atoms with van der Waals surface area (Å²) in [6.45, 7) is 2.60. The topological polar surface area (TPSA) is 66.0 Å². The number of nitrogens with one attached hydrogen (secondary N) is 2. The van der Waals surface area contributed by atoms with Crippen LogP contribution in [0.3, 0.4) is 0 Å². The lowest BCUT2D eigenvalue weighted by atomic mass is 10.4. The third-order valence-corrected chi connectivity index (χ3v) is 1.97. The van der Waals surface area contributed by atoms with Gasteiger partial charge in [0.25, 0.3) is 0 Å². The smallest absolute Gasteiger partial charge is 0.327 e. The van der Waals surface area contributed by atoms with Gasteiger partial charge in [-0.3, -0.25) is 9.80 Å². The lowest BCUT2D eigenvalue weighted by molar-refractivity contribution is -0.144. The predicted octanol–water partition coefficient (Wildman–Crippen LogP) is -0.145. The van der Waals surface area contributed by atoms with Crippen LogP contribution < -0.4 is 11.1 Å². The number of rotatable bonds is 5. The van der Waals surface area contributed by atoms with E-state index in [9.17, 15) is 4.79 Å². The first-order chi connectivity index (χ1) is 6.74. The fraction of sp³-hybridized carbons (Fsp3) is 0.714. The molecule has 1 aliphatic rings. The van der Waals surface area contributed by atoms with Crippen molar-refractivity contribution in [1.29, 1.82) is 0 Å². The number of hydrogen-bond donors (Lipinski definition) is 3. The molecule has 0 amide bonds. The van der Waals surface area contributed by atoms with Crippen LogP contribution in [0.2, 0.25) is 0 Å². The number of ether oxygens (including phenoxy) is 1. The quantitative estimate of drug-likeness (QED) is 0.340. The molecule has 0 saturated carbocycles. The highest BCUT2D eigenvalue weighted by molar-refractivity contribution is 7.96. The first kappa shape index (κ1) is 11.1. The molecule has 0 aromatic heterocycles. The molecule has 0 saturated heterocycles. The Morgan fingerprint density at radius 2 is 2.50 bits per heavy atom. The summed E-state index contributed by atoms with van der Waals surface area (Å²) in [4.78, 5) is 11.2. The summed E-state index contributed by atoms with van der Waals surface area (Å²) in [5.41, 5.74) is 5.10. The van der Waals surface area contributed by atoms with Crippen molar-refractivity contribution >= 4 is 23.8 Å². The van der Waals surface area contributed by atoms with Gasteiger partial charge < -0.3 is 4.74 Å². The van der Waals surface area contributed by atoms with Crippen molar-refractivity contribution in [3.63, 3.8) is 0 Å². The van der Waals surface area contributed by atoms with Crippen molar-refractivity contribution in [2.45, 2.75) is 19.8 Å². The third-order valence-electron chi connectivity index (χ3n) is 1.63. The third kappa shape index (κ3) is 3.43. The number of thiol groups is 1. The zero-order valence-electron chi connectivity index (χ0n) is 7.99. The Morgan fingerprint density at radius 1 is 1.71 bits per heavy atom. The maximum Gasteiger partial charge on any atom is 0.327 e. The second-order valence-electron chi connectivity index (χ2n) is 2.80. The van der Waals surface area contributed by atoms with Gasteiger partial charge in [0.05, 0.1) is 6.61 Å². The normalized spacial score (nSPS) is 15.0. The average Bonchev–Trinajstić information content (AvgIpc) is 2.52. The number of hydrazine groups is 2. The minimum atomic E-state index is -0.295. The number of nitrogens with zero attached hydrogens (tertiary/aromatic N) is 2. The zero-order valence-corrected chi connectivity index (χ0v) is 8.88. The van der Waals surface area contributed by atoms with E-state index < -0.39 is 0 Å². The molecule has 14 heavy (non-hydrogen) atoms. The summed E-state index contributed by atoms with van der Waals surface area (Å²) < 4.78 is 4.96. The summed E-state index contributed by atoms with van der Waals surface area (Å²) in [5.74, 6) is -0.295. The van der Waals surface area contributed by atoms with Gasteiger partial charge in [0.15, 0.2) is 5.17 Å². The van der Waals surface area contributed by atoms with E-state index in [1.54, 1.807) is 0 Å². The molecule has 1 rings (SSSR count). The molecule has 80 valence electrons. The van der Waals surface area contributed by atoms with E-state index in [0.717, 1.165) is 12.8 Å². The van der Waals surface area contributed by atoms with Crippen LogP contribution in [0.15, 0.2) is 5.10 Å². The van der Waals surface area contributed by atoms with Gasteiger partial charge in [0.1, 0.15) is 6.54 Å². The Morgan fingerprint density at radius 3 is 3.07 bits per heavy atom. The SMILES string of the molecule is CCCCOC(=O)CN1NNN=C1S. The summed E-state index contributed by atoms with van der Waals surface area (Å²) in [5, 5.41) is 5.58. The summed E-state index contributed by atoms with van der Waals surface area (Å²) in [7, 11) is 0. The first-order valence-corrected chi connectivity index (χ1v) is 4.89. The Hall–Kier alpha value is -0.950. The number of carbonyl (C=O) groups is 1. The molecule has 0 atom stereocenters. The molecule has 1 aliphatic heterocycles. The van der Waals surface area contributed by atoms with Gasteiger partial charge >= 0.3 is 5.97 Å². The monoisotopic (exact) mass is 218 g/mol. The first-order valence-electron chi connectivity index (χ1n) is 4.44. The van der Waals surface area contributed by atoms with Crippen molar-refractivity contribution in [2.24, 2.45) is 5.10 Å². The van der Waals surface area contributed by atoms with Crippen molar-refractivity contribution < 1.29 is 9.53 Å². The lowest BCUT2D eigenvalue weighted by Crippen LogP contribution is -2.43. The van der Waals surface area contributed by atoms with Crippen LogP contribution in [-0.2, 0) is 9.53 Å². The largest absolute Gasteiger partial charge is 0.464 e. The van der Waals surface area contributed by atoms with E-state index in [4.69, 9.17) is 4.74 Å². The zero-order chi connectivity index (χ0) is 10.4. The van der Waals surface area contributed by atoms with Crippen LogP contribution >= 0.6 is 12.6 Å². The highest BCUT2D eigenvalue weighted by Crippen LogP contribution is 1.97. The van der Waals surface area contributed by atoms with E-state index in [-0.39, 0.29) is 12.5 Å². The minimum Gasteiger partial charge on any atom is -0.464 e. The number of carbonyl (C=O) groups excluding carboxylic acids is 1. The average molecular weight is 218 g/mol. The van der Waals surface area contributed by atoms with Crippen LogP contribution in [0.1, 0.15) is 19.8 Å². The van der Waals surface area contributed by atoms with Crippen molar-refractivity contribution in [3.8, 4) is 0 Å². The van der Waals surface area contributed by atoms with E-state index in [1.165, 1.54) is 5.01 Å². The second kappa shape index (κ2) is 5.71. The standard InChI is InChI=1S/C7H14N4O2S/c1-2-3-4-13-6(12)5-11-7(14)8-9-10-11/h9-10H,2-5H2,1H3,(H,8,14). The predicted molar refractivity (Wildman–Crippen MR) is 55.3 cm³/mol. The maximum atomic E-state index is 11.2. The Labute approximate surface area is 88.0 Å². The fourth-order valence-corrected chi connectivity index (χ4v) is 1.03. The molecule has 0 aliphatic carbocycles. The number of amidine groups is 1. The van der Waals surface area contributed by atoms with Gasteiger partial charge in [0, 0.05) is 0 Å². The van der Waals surface area contributed by atoms with E-state index in [1.807, 2.05) is 6.92 Å². The molecule has 6 nitrogen and oxygen atoms in total. The molecule has 7 heteroatoms. The number of esters is 1. The second-order valence-corrected chi connectivity index (χ2v) is 3.20. The van der Waals surface area contributed by atoms with E-state index in [0.29, 0.717) is 11.8 Å². The van der Waals surface area contributed by atoms with E-state index in [2.05, 4.69) is 28.8 Å². The molecule has 0 spiro atoms. The van der Waals surface area contributed by atoms with E-state index >= 15 is 0 Å². The van der Waals surface area contributed by atoms with Gasteiger partial charge in [-0.2, -0.15) is 0 Å². The molecular weight excluding hydrogens is 204 g/mol. The van der Waals surface area contributed by atoms with Crippen molar-refractivity contribution in [1.82, 2.24) is 16.1 Å². The molecular formula is C7H14N4O2S. The Balaban J connectivity index is 2.17. The molecule has 0 unspecified atom stereocenters. The molecule has 1 heterocycles. The van der Waals surface area contributed by atoms with Crippen LogP contribution in [0.4, 0.5) is 0 Å². The number of hydrogen-bond acceptors (Lipinski definition) is 6. The van der Waals surface area contributed by atoms with Gasteiger partial charge in [-0.05, 0) is 6.42 Å². The van der Waals surface area contributed by atoms with Crippen LogP contribution in [0.25, 0.3) is 0 Å². The molecule has 0 aromatic rings. The molecule has 2 N–H and O–H groups in total. The van der Waals surface area contributed by atoms with Gasteiger partial charge in [-0.1, -0.05) is 13.3 Å². The van der Waals surface area contributed by atoms with Gasteiger partial charge in [-0.25, -0.2) is 5.53 Å². The highest BCUT2D eigenvalue weighted by Gasteiger charge is 2.17.